The van der Waals surface area contributed by atoms with E-state index in [1.165, 1.54) is 4.88 Å². The average molecular weight is 441 g/mol. The van der Waals surface area contributed by atoms with Crippen LogP contribution in [0.3, 0.4) is 0 Å². The molecule has 1 N–H and O–H groups in total. The number of hydrogen-bond acceptors (Lipinski definition) is 6. The van der Waals surface area contributed by atoms with Crippen molar-refractivity contribution >= 4 is 34.3 Å². The number of thiophene rings is 1. The summed E-state index contributed by atoms with van der Waals surface area (Å²) in [6.07, 6.45) is 4.51. The molecule has 0 bridgehead atoms. The number of hydrogen-bond donors (Lipinski definition) is 1. The first-order valence-electron chi connectivity index (χ1n) is 10.8. The molecule has 8 heteroatoms. The maximum absolute atomic E-state index is 13.1. The molecule has 0 aromatic carbocycles. The second-order valence-electron chi connectivity index (χ2n) is 8.13. The third-order valence-electron chi connectivity index (χ3n) is 5.74. The molecule has 0 radical (unpaired) electrons. The van der Waals surface area contributed by atoms with Gasteiger partial charge in [-0.2, -0.15) is 0 Å². The van der Waals surface area contributed by atoms with Crippen LogP contribution in [0.5, 0.6) is 0 Å². The van der Waals surface area contributed by atoms with Gasteiger partial charge in [-0.25, -0.2) is 4.98 Å². The molecule has 3 aromatic rings. The molecular formula is C23H28N4O3S. The molecule has 0 saturated carbocycles. The quantitative estimate of drug-likeness (QED) is 0.574. The standard InChI is InChI=1S/C23H28N4O3S/c1-14-12-17(16(3)31-14)19-13-18(21-15(2)26-30-23(21)25-19)22(29)24-9-7-11-27-10-6-4-5-8-20(27)28/h12-13H,4-11H2,1-3H3,(H,24,29). The van der Waals surface area contributed by atoms with E-state index in [1.807, 2.05) is 24.8 Å². The van der Waals surface area contributed by atoms with Gasteiger partial charge in [0.15, 0.2) is 0 Å². The van der Waals surface area contributed by atoms with Crippen LogP contribution >= 0.6 is 11.3 Å². The van der Waals surface area contributed by atoms with Gasteiger partial charge in [0, 0.05) is 41.4 Å². The van der Waals surface area contributed by atoms with Gasteiger partial charge in [-0.05, 0) is 52.2 Å². The molecule has 2 amide bonds. The summed E-state index contributed by atoms with van der Waals surface area (Å²) in [6, 6.07) is 3.91. The Kier molecular flexibility index (Phi) is 6.36. The summed E-state index contributed by atoms with van der Waals surface area (Å²) >= 11 is 1.70. The Bertz CT molecular complexity index is 1120. The van der Waals surface area contributed by atoms with Gasteiger partial charge in [0.1, 0.15) is 0 Å². The normalized spacial score (nSPS) is 14.8. The van der Waals surface area contributed by atoms with E-state index in [1.54, 1.807) is 11.3 Å². The summed E-state index contributed by atoms with van der Waals surface area (Å²) in [5.74, 6) is 0.0533. The number of aryl methyl sites for hydroxylation is 3. The summed E-state index contributed by atoms with van der Waals surface area (Å²) in [4.78, 5) is 34.1. The minimum absolute atomic E-state index is 0.174. The molecule has 1 aliphatic rings. The Balaban J connectivity index is 1.50. The SMILES string of the molecule is Cc1cc(-c2cc(C(=O)NCCCN3CCCCCC3=O)c3c(C)noc3n2)c(C)s1. The molecule has 0 spiro atoms. The number of nitrogens with zero attached hydrogens (tertiary/aromatic N) is 3. The Morgan fingerprint density at radius 1 is 1.23 bits per heavy atom. The monoisotopic (exact) mass is 440 g/mol. The molecule has 31 heavy (non-hydrogen) atoms. The van der Waals surface area contributed by atoms with Gasteiger partial charge in [-0.3, -0.25) is 9.59 Å². The highest BCUT2D eigenvalue weighted by Gasteiger charge is 2.21. The zero-order valence-corrected chi connectivity index (χ0v) is 19.1. The van der Waals surface area contributed by atoms with Gasteiger partial charge >= 0.3 is 0 Å². The smallest absolute Gasteiger partial charge is 0.259 e. The minimum atomic E-state index is -0.174. The maximum atomic E-state index is 13.1. The predicted octanol–water partition coefficient (Wildman–Crippen LogP) is 4.40. The lowest BCUT2D eigenvalue weighted by molar-refractivity contribution is -0.130. The summed E-state index contributed by atoms with van der Waals surface area (Å²) in [6.45, 7) is 7.92. The van der Waals surface area contributed by atoms with E-state index in [4.69, 9.17) is 4.52 Å². The predicted molar refractivity (Wildman–Crippen MR) is 121 cm³/mol. The molecule has 7 nitrogen and oxygen atoms in total. The minimum Gasteiger partial charge on any atom is -0.352 e. The fourth-order valence-electron chi connectivity index (χ4n) is 4.14. The second kappa shape index (κ2) is 9.18. The fourth-order valence-corrected chi connectivity index (χ4v) is 5.07. The Hall–Kier alpha value is -2.74. The van der Waals surface area contributed by atoms with E-state index in [0.717, 1.165) is 42.7 Å². The van der Waals surface area contributed by atoms with Crippen LogP contribution in [-0.2, 0) is 4.79 Å². The number of aromatic nitrogens is 2. The number of nitrogens with one attached hydrogen (secondary N) is 1. The van der Waals surface area contributed by atoms with Crippen molar-refractivity contribution in [1.29, 1.82) is 0 Å². The van der Waals surface area contributed by atoms with E-state index < -0.39 is 0 Å². The molecule has 3 aromatic heterocycles. The lowest BCUT2D eigenvalue weighted by atomic mass is 10.1. The van der Waals surface area contributed by atoms with Gasteiger partial charge in [-0.1, -0.05) is 11.6 Å². The van der Waals surface area contributed by atoms with E-state index in [9.17, 15) is 9.59 Å². The molecule has 1 saturated heterocycles. The van der Waals surface area contributed by atoms with Crippen molar-refractivity contribution in [2.24, 2.45) is 0 Å². The van der Waals surface area contributed by atoms with Crippen LogP contribution in [-0.4, -0.2) is 46.5 Å². The third kappa shape index (κ3) is 4.63. The maximum Gasteiger partial charge on any atom is 0.259 e. The van der Waals surface area contributed by atoms with Crippen LogP contribution in [0.4, 0.5) is 0 Å². The first-order valence-corrected chi connectivity index (χ1v) is 11.7. The lowest BCUT2D eigenvalue weighted by Crippen LogP contribution is -2.34. The van der Waals surface area contributed by atoms with Gasteiger partial charge in [0.05, 0.1) is 22.3 Å². The molecule has 1 fully saturated rings. The van der Waals surface area contributed by atoms with E-state index in [-0.39, 0.29) is 11.8 Å². The molecule has 0 unspecified atom stereocenters. The van der Waals surface area contributed by atoms with E-state index in [2.05, 4.69) is 28.4 Å². The number of amides is 2. The zero-order valence-electron chi connectivity index (χ0n) is 18.3. The van der Waals surface area contributed by atoms with Crippen molar-refractivity contribution in [2.45, 2.75) is 52.9 Å². The van der Waals surface area contributed by atoms with Crippen LogP contribution in [0.25, 0.3) is 22.4 Å². The molecular weight excluding hydrogens is 412 g/mol. The van der Waals surface area contributed by atoms with Gasteiger partial charge in [0.2, 0.25) is 5.91 Å². The highest BCUT2D eigenvalue weighted by molar-refractivity contribution is 7.12. The Morgan fingerprint density at radius 3 is 2.84 bits per heavy atom. The second-order valence-corrected chi connectivity index (χ2v) is 9.59. The molecule has 164 valence electrons. The first kappa shape index (κ1) is 21.5. The molecule has 0 atom stereocenters. The fraction of sp³-hybridized carbons (Fsp3) is 0.478. The van der Waals surface area contributed by atoms with E-state index in [0.29, 0.717) is 47.6 Å². The molecule has 1 aliphatic heterocycles. The number of rotatable bonds is 6. The van der Waals surface area contributed by atoms with Crippen LogP contribution < -0.4 is 5.32 Å². The van der Waals surface area contributed by atoms with Gasteiger partial charge < -0.3 is 14.7 Å². The van der Waals surface area contributed by atoms with Crippen molar-refractivity contribution in [1.82, 2.24) is 20.4 Å². The summed E-state index contributed by atoms with van der Waals surface area (Å²) < 4.78 is 5.40. The number of fused-ring (bicyclic) bond motifs is 1. The van der Waals surface area contributed by atoms with Crippen molar-refractivity contribution in [3.8, 4) is 11.3 Å². The number of carbonyl (C=O) groups excluding carboxylic acids is 2. The summed E-state index contributed by atoms with van der Waals surface area (Å²) in [5.41, 5.74) is 3.26. The highest BCUT2D eigenvalue weighted by atomic mass is 32.1. The van der Waals surface area contributed by atoms with Crippen LogP contribution in [0.1, 0.15) is 57.9 Å². The summed E-state index contributed by atoms with van der Waals surface area (Å²) in [5, 5.41) is 7.67. The Morgan fingerprint density at radius 2 is 2.06 bits per heavy atom. The number of carbonyl (C=O) groups is 2. The third-order valence-corrected chi connectivity index (χ3v) is 6.71. The zero-order chi connectivity index (χ0) is 22.0. The topological polar surface area (TPSA) is 88.3 Å². The van der Waals surface area contributed by atoms with Crippen molar-refractivity contribution in [3.05, 3.63) is 33.1 Å². The number of pyridine rings is 1. The largest absolute Gasteiger partial charge is 0.352 e. The lowest BCUT2D eigenvalue weighted by Gasteiger charge is -2.20. The molecule has 4 heterocycles. The van der Waals surface area contributed by atoms with Crippen LogP contribution in [0, 0.1) is 20.8 Å². The van der Waals surface area contributed by atoms with E-state index >= 15 is 0 Å². The Labute approximate surface area is 185 Å². The molecule has 4 rings (SSSR count). The molecule has 0 aliphatic carbocycles. The van der Waals surface area contributed by atoms with Crippen molar-refractivity contribution in [2.75, 3.05) is 19.6 Å². The summed E-state index contributed by atoms with van der Waals surface area (Å²) in [7, 11) is 0. The van der Waals surface area contributed by atoms with Gasteiger partial charge in [0.25, 0.3) is 11.6 Å². The van der Waals surface area contributed by atoms with Gasteiger partial charge in [-0.15, -0.1) is 11.3 Å². The highest BCUT2D eigenvalue weighted by Crippen LogP contribution is 2.32. The first-order chi connectivity index (χ1) is 14.9. The van der Waals surface area contributed by atoms with Crippen LogP contribution in [0.2, 0.25) is 0 Å². The van der Waals surface area contributed by atoms with Crippen molar-refractivity contribution < 1.29 is 14.1 Å². The number of likely N-dealkylation sites (tertiary alicyclic amines) is 1. The average Bonchev–Trinajstić information content (AvgIpc) is 3.21. The van der Waals surface area contributed by atoms with Crippen LogP contribution in [0.15, 0.2) is 16.7 Å². The van der Waals surface area contributed by atoms with Crippen molar-refractivity contribution in [3.63, 3.8) is 0 Å².